The molecule has 0 atom stereocenters. The topological polar surface area (TPSA) is 72.9 Å². The fourth-order valence-corrected chi connectivity index (χ4v) is 2.19. The van der Waals surface area contributed by atoms with E-state index in [9.17, 15) is 4.79 Å². The molecule has 0 spiro atoms. The molecule has 0 saturated heterocycles. The van der Waals surface area contributed by atoms with Gasteiger partial charge in [-0.15, -0.1) is 0 Å². The van der Waals surface area contributed by atoms with Gasteiger partial charge in [-0.3, -0.25) is 9.48 Å². The van der Waals surface area contributed by atoms with E-state index in [2.05, 4.69) is 10.4 Å². The number of hydrogen-bond acceptors (Lipinski definition) is 3. The molecule has 0 aliphatic rings. The van der Waals surface area contributed by atoms with Gasteiger partial charge < -0.3 is 11.1 Å². The SMILES string of the molecule is Cc1nn(C)cc1CNC(=O)Cc1ccc(C(N)=S)cc1. The van der Waals surface area contributed by atoms with Gasteiger partial charge in [0.15, 0.2) is 0 Å². The molecule has 0 aliphatic heterocycles. The molecule has 6 heteroatoms. The molecule has 2 aromatic rings. The number of nitrogens with zero attached hydrogens (tertiary/aromatic N) is 2. The molecule has 1 aromatic heterocycles. The van der Waals surface area contributed by atoms with Crippen LogP contribution in [0, 0.1) is 6.92 Å². The number of benzene rings is 1. The summed E-state index contributed by atoms with van der Waals surface area (Å²) in [5.41, 5.74) is 9.22. The van der Waals surface area contributed by atoms with E-state index in [1.165, 1.54) is 0 Å². The Kier molecular flexibility index (Phi) is 4.70. The van der Waals surface area contributed by atoms with E-state index in [1.807, 2.05) is 44.4 Å². The van der Waals surface area contributed by atoms with E-state index in [-0.39, 0.29) is 5.91 Å². The third-order valence-corrected chi connectivity index (χ3v) is 3.43. The van der Waals surface area contributed by atoms with E-state index in [0.29, 0.717) is 18.0 Å². The number of aromatic nitrogens is 2. The molecule has 1 heterocycles. The summed E-state index contributed by atoms with van der Waals surface area (Å²) in [6.07, 6.45) is 2.24. The maximum Gasteiger partial charge on any atom is 0.224 e. The molecule has 0 saturated carbocycles. The molecule has 3 N–H and O–H groups in total. The maximum atomic E-state index is 11.9. The highest BCUT2D eigenvalue weighted by molar-refractivity contribution is 7.80. The summed E-state index contributed by atoms with van der Waals surface area (Å²) in [4.78, 5) is 12.3. The van der Waals surface area contributed by atoms with Crippen LogP contribution in [-0.2, 0) is 24.8 Å². The van der Waals surface area contributed by atoms with Crippen molar-refractivity contribution in [1.29, 1.82) is 0 Å². The molecule has 0 unspecified atom stereocenters. The molecular formula is C15H18N4OS. The quantitative estimate of drug-likeness (QED) is 0.815. The lowest BCUT2D eigenvalue weighted by Gasteiger charge is -2.05. The van der Waals surface area contributed by atoms with Crippen LogP contribution in [-0.4, -0.2) is 20.7 Å². The molecule has 0 bridgehead atoms. The van der Waals surface area contributed by atoms with Crippen LogP contribution in [0.1, 0.15) is 22.4 Å². The summed E-state index contributed by atoms with van der Waals surface area (Å²) in [6.45, 7) is 2.42. The maximum absolute atomic E-state index is 11.9. The van der Waals surface area contributed by atoms with E-state index >= 15 is 0 Å². The standard InChI is InChI=1S/C15H18N4OS/c1-10-13(9-19(2)18-10)8-17-14(20)7-11-3-5-12(6-4-11)15(16)21/h3-6,9H,7-8H2,1-2H3,(H2,16,21)(H,17,20). The Balaban J connectivity index is 1.89. The van der Waals surface area contributed by atoms with Crippen molar-refractivity contribution < 1.29 is 4.79 Å². The summed E-state index contributed by atoms with van der Waals surface area (Å²) < 4.78 is 1.74. The Hall–Kier alpha value is -2.21. The van der Waals surface area contributed by atoms with E-state index in [0.717, 1.165) is 22.4 Å². The average Bonchev–Trinajstić information content (AvgIpc) is 2.75. The van der Waals surface area contributed by atoms with Crippen molar-refractivity contribution in [3.63, 3.8) is 0 Å². The second-order valence-corrected chi connectivity index (χ2v) is 5.37. The van der Waals surface area contributed by atoms with Gasteiger partial charge in [0.05, 0.1) is 12.1 Å². The van der Waals surface area contributed by atoms with Crippen LogP contribution in [0.4, 0.5) is 0 Å². The number of nitrogens with two attached hydrogens (primary N) is 1. The van der Waals surface area contributed by atoms with Crippen LogP contribution in [0.2, 0.25) is 0 Å². The van der Waals surface area contributed by atoms with Crippen LogP contribution < -0.4 is 11.1 Å². The van der Waals surface area contributed by atoms with Crippen molar-refractivity contribution >= 4 is 23.1 Å². The molecule has 1 aromatic carbocycles. The Bertz CT molecular complexity index is 661. The smallest absolute Gasteiger partial charge is 0.224 e. The van der Waals surface area contributed by atoms with Crippen LogP contribution in [0.3, 0.4) is 0 Å². The Labute approximate surface area is 129 Å². The zero-order chi connectivity index (χ0) is 15.4. The Morgan fingerprint density at radius 3 is 2.57 bits per heavy atom. The van der Waals surface area contributed by atoms with Crippen molar-refractivity contribution in [2.45, 2.75) is 19.9 Å². The number of nitrogens with one attached hydrogen (secondary N) is 1. The minimum Gasteiger partial charge on any atom is -0.389 e. The van der Waals surface area contributed by atoms with Gasteiger partial charge in [0.2, 0.25) is 5.91 Å². The molecule has 2 rings (SSSR count). The largest absolute Gasteiger partial charge is 0.389 e. The predicted molar refractivity (Wildman–Crippen MR) is 85.8 cm³/mol. The Morgan fingerprint density at radius 1 is 1.38 bits per heavy atom. The fraction of sp³-hybridized carbons (Fsp3) is 0.267. The van der Waals surface area contributed by atoms with Crippen LogP contribution in [0.5, 0.6) is 0 Å². The summed E-state index contributed by atoms with van der Waals surface area (Å²) >= 11 is 4.89. The molecule has 0 aliphatic carbocycles. The highest BCUT2D eigenvalue weighted by atomic mass is 32.1. The fourth-order valence-electron chi connectivity index (χ4n) is 2.05. The summed E-state index contributed by atoms with van der Waals surface area (Å²) in [7, 11) is 1.86. The normalized spacial score (nSPS) is 10.4. The molecule has 0 fully saturated rings. The number of hydrogen-bond donors (Lipinski definition) is 2. The first-order valence-corrected chi connectivity index (χ1v) is 7.01. The number of thiocarbonyl (C=S) groups is 1. The van der Waals surface area contributed by atoms with Gasteiger partial charge in [0, 0.05) is 30.9 Å². The first kappa shape index (κ1) is 15.2. The van der Waals surface area contributed by atoms with Crippen molar-refractivity contribution in [2.24, 2.45) is 12.8 Å². The lowest BCUT2D eigenvalue weighted by atomic mass is 10.1. The van der Waals surface area contributed by atoms with Crippen molar-refractivity contribution in [2.75, 3.05) is 0 Å². The van der Waals surface area contributed by atoms with E-state index in [1.54, 1.807) is 4.68 Å². The van der Waals surface area contributed by atoms with E-state index < -0.39 is 0 Å². The van der Waals surface area contributed by atoms with Gasteiger partial charge in [-0.05, 0) is 12.5 Å². The lowest BCUT2D eigenvalue weighted by Crippen LogP contribution is -2.24. The first-order valence-electron chi connectivity index (χ1n) is 6.60. The van der Waals surface area contributed by atoms with Gasteiger partial charge in [-0.25, -0.2) is 0 Å². The van der Waals surface area contributed by atoms with Crippen molar-refractivity contribution in [3.8, 4) is 0 Å². The van der Waals surface area contributed by atoms with Crippen LogP contribution >= 0.6 is 12.2 Å². The van der Waals surface area contributed by atoms with E-state index in [4.69, 9.17) is 18.0 Å². The third-order valence-electron chi connectivity index (χ3n) is 3.19. The summed E-state index contributed by atoms with van der Waals surface area (Å²) in [5.74, 6) is -0.0265. The van der Waals surface area contributed by atoms with Gasteiger partial charge >= 0.3 is 0 Å². The average molecular weight is 302 g/mol. The zero-order valence-corrected chi connectivity index (χ0v) is 12.9. The number of rotatable bonds is 5. The number of carbonyl (C=O) groups excluding carboxylic acids is 1. The minimum atomic E-state index is -0.0265. The lowest BCUT2D eigenvalue weighted by molar-refractivity contribution is -0.120. The van der Waals surface area contributed by atoms with Crippen LogP contribution in [0.15, 0.2) is 30.5 Å². The number of aryl methyl sites for hydroxylation is 2. The molecule has 5 nitrogen and oxygen atoms in total. The van der Waals surface area contributed by atoms with Crippen molar-refractivity contribution in [1.82, 2.24) is 15.1 Å². The molecular weight excluding hydrogens is 284 g/mol. The summed E-state index contributed by atoms with van der Waals surface area (Å²) in [6, 6.07) is 7.39. The van der Waals surface area contributed by atoms with Crippen molar-refractivity contribution in [3.05, 3.63) is 52.8 Å². The van der Waals surface area contributed by atoms with Gasteiger partial charge in [0.25, 0.3) is 0 Å². The minimum absolute atomic E-state index is 0.0265. The molecule has 0 radical (unpaired) electrons. The first-order chi connectivity index (χ1) is 9.95. The second kappa shape index (κ2) is 6.49. The highest BCUT2D eigenvalue weighted by Crippen LogP contribution is 2.07. The third kappa shape index (κ3) is 4.13. The van der Waals surface area contributed by atoms with Crippen LogP contribution in [0.25, 0.3) is 0 Å². The van der Waals surface area contributed by atoms with Gasteiger partial charge in [0.1, 0.15) is 4.99 Å². The Morgan fingerprint density at radius 2 is 2.05 bits per heavy atom. The monoisotopic (exact) mass is 302 g/mol. The molecule has 110 valence electrons. The molecule has 21 heavy (non-hydrogen) atoms. The molecule has 1 amide bonds. The number of carbonyl (C=O) groups is 1. The second-order valence-electron chi connectivity index (χ2n) is 4.93. The summed E-state index contributed by atoms with van der Waals surface area (Å²) in [5, 5.41) is 7.14. The number of amides is 1. The van der Waals surface area contributed by atoms with Gasteiger partial charge in [-0.1, -0.05) is 36.5 Å². The zero-order valence-electron chi connectivity index (χ0n) is 12.1. The predicted octanol–water partition coefficient (Wildman–Crippen LogP) is 1.22. The highest BCUT2D eigenvalue weighted by Gasteiger charge is 2.07. The van der Waals surface area contributed by atoms with Gasteiger partial charge in [-0.2, -0.15) is 5.10 Å².